The van der Waals surface area contributed by atoms with E-state index in [0.29, 0.717) is 0 Å². The largest absolute Gasteiger partial charge is 0.496 e. The van der Waals surface area contributed by atoms with E-state index < -0.39 is 0 Å². The number of aromatic nitrogens is 2. The Bertz CT molecular complexity index is 750. The molecule has 0 fully saturated rings. The van der Waals surface area contributed by atoms with Gasteiger partial charge in [-0.25, -0.2) is 4.68 Å². The van der Waals surface area contributed by atoms with Gasteiger partial charge in [-0.15, -0.1) is 0 Å². The SMILES string of the molecule is COc1ccc(OC)c2c1cnn2-c1ccc(Br)cc1. The fourth-order valence-corrected chi connectivity index (χ4v) is 2.47. The van der Waals surface area contributed by atoms with Gasteiger partial charge < -0.3 is 9.47 Å². The second kappa shape index (κ2) is 5.17. The second-order valence-corrected chi connectivity index (χ2v) is 5.18. The third-order valence-electron chi connectivity index (χ3n) is 3.17. The Labute approximate surface area is 125 Å². The zero-order valence-electron chi connectivity index (χ0n) is 11.1. The molecule has 3 rings (SSSR count). The number of benzene rings is 2. The molecule has 0 saturated heterocycles. The minimum absolute atomic E-state index is 0.765. The average Bonchev–Trinajstić information content (AvgIpc) is 2.92. The summed E-state index contributed by atoms with van der Waals surface area (Å²) in [4.78, 5) is 0. The molecule has 1 aromatic heterocycles. The van der Waals surface area contributed by atoms with Gasteiger partial charge in [-0.1, -0.05) is 15.9 Å². The fraction of sp³-hybridized carbons (Fsp3) is 0.133. The van der Waals surface area contributed by atoms with E-state index in [1.54, 1.807) is 20.4 Å². The molecule has 1 heterocycles. The molecule has 0 radical (unpaired) electrons. The highest BCUT2D eigenvalue weighted by atomic mass is 79.9. The fourth-order valence-electron chi connectivity index (χ4n) is 2.21. The molecule has 0 amide bonds. The molecule has 2 aromatic carbocycles. The molecule has 5 heteroatoms. The van der Waals surface area contributed by atoms with Gasteiger partial charge in [0, 0.05) is 4.47 Å². The lowest BCUT2D eigenvalue weighted by atomic mass is 10.2. The molecule has 102 valence electrons. The van der Waals surface area contributed by atoms with Crippen LogP contribution in [0.15, 0.2) is 47.1 Å². The van der Waals surface area contributed by atoms with Gasteiger partial charge >= 0.3 is 0 Å². The summed E-state index contributed by atoms with van der Waals surface area (Å²) in [6, 6.07) is 11.7. The number of nitrogens with zero attached hydrogens (tertiary/aromatic N) is 2. The lowest BCUT2D eigenvalue weighted by molar-refractivity contribution is 0.409. The van der Waals surface area contributed by atoms with Crippen LogP contribution >= 0.6 is 15.9 Å². The topological polar surface area (TPSA) is 36.3 Å². The van der Waals surface area contributed by atoms with Crippen molar-refractivity contribution in [1.29, 1.82) is 0 Å². The summed E-state index contributed by atoms with van der Waals surface area (Å²) in [5.41, 5.74) is 1.86. The van der Waals surface area contributed by atoms with Crippen LogP contribution in [-0.2, 0) is 0 Å². The minimum atomic E-state index is 0.765. The van der Waals surface area contributed by atoms with Crippen LogP contribution in [0.5, 0.6) is 11.5 Å². The Hall–Kier alpha value is -2.01. The number of halogens is 1. The van der Waals surface area contributed by atoms with E-state index in [9.17, 15) is 0 Å². The van der Waals surface area contributed by atoms with Crippen molar-refractivity contribution in [3.8, 4) is 17.2 Å². The lowest BCUT2D eigenvalue weighted by Crippen LogP contribution is -1.98. The molecule has 0 unspecified atom stereocenters. The van der Waals surface area contributed by atoms with Crippen molar-refractivity contribution >= 4 is 26.8 Å². The van der Waals surface area contributed by atoms with Crippen LogP contribution in [0.1, 0.15) is 0 Å². The number of rotatable bonds is 3. The Morgan fingerprint density at radius 2 is 1.60 bits per heavy atom. The highest BCUT2D eigenvalue weighted by molar-refractivity contribution is 9.10. The maximum absolute atomic E-state index is 5.45. The van der Waals surface area contributed by atoms with E-state index in [1.165, 1.54) is 0 Å². The molecule has 3 aromatic rings. The summed E-state index contributed by atoms with van der Waals surface area (Å²) in [6.07, 6.45) is 1.79. The zero-order valence-corrected chi connectivity index (χ0v) is 12.7. The molecule has 0 aliphatic heterocycles. The highest BCUT2D eigenvalue weighted by Crippen LogP contribution is 2.34. The van der Waals surface area contributed by atoms with Crippen molar-refractivity contribution in [3.05, 3.63) is 47.1 Å². The monoisotopic (exact) mass is 332 g/mol. The Morgan fingerprint density at radius 3 is 2.25 bits per heavy atom. The van der Waals surface area contributed by atoms with E-state index in [4.69, 9.17) is 9.47 Å². The zero-order chi connectivity index (χ0) is 14.1. The van der Waals surface area contributed by atoms with E-state index in [2.05, 4.69) is 21.0 Å². The number of hydrogen-bond donors (Lipinski definition) is 0. The Kier molecular flexibility index (Phi) is 3.36. The molecule has 0 bridgehead atoms. The van der Waals surface area contributed by atoms with E-state index in [-0.39, 0.29) is 0 Å². The highest BCUT2D eigenvalue weighted by Gasteiger charge is 2.14. The van der Waals surface area contributed by atoms with Crippen molar-refractivity contribution in [2.75, 3.05) is 14.2 Å². The number of fused-ring (bicyclic) bond motifs is 1. The molecule has 0 spiro atoms. The van der Waals surface area contributed by atoms with Crippen molar-refractivity contribution in [2.45, 2.75) is 0 Å². The summed E-state index contributed by atoms with van der Waals surface area (Å²) >= 11 is 3.44. The first-order valence-electron chi connectivity index (χ1n) is 6.09. The first-order chi connectivity index (χ1) is 9.74. The van der Waals surface area contributed by atoms with Crippen molar-refractivity contribution in [1.82, 2.24) is 9.78 Å². The molecular formula is C15H13BrN2O2. The first kappa shape index (κ1) is 13.0. The van der Waals surface area contributed by atoms with Gasteiger partial charge in [-0.05, 0) is 36.4 Å². The molecule has 0 saturated carbocycles. The van der Waals surface area contributed by atoms with Crippen LogP contribution in [-0.4, -0.2) is 24.0 Å². The van der Waals surface area contributed by atoms with Gasteiger partial charge in [0.15, 0.2) is 0 Å². The molecule has 0 aliphatic rings. The van der Waals surface area contributed by atoms with E-state index in [0.717, 1.165) is 32.6 Å². The van der Waals surface area contributed by atoms with Gasteiger partial charge in [-0.2, -0.15) is 5.10 Å². The van der Waals surface area contributed by atoms with Gasteiger partial charge in [0.2, 0.25) is 0 Å². The van der Waals surface area contributed by atoms with E-state index >= 15 is 0 Å². The van der Waals surface area contributed by atoms with Gasteiger partial charge in [-0.3, -0.25) is 0 Å². The van der Waals surface area contributed by atoms with Crippen molar-refractivity contribution in [2.24, 2.45) is 0 Å². The summed E-state index contributed by atoms with van der Waals surface area (Å²) in [6.45, 7) is 0. The van der Waals surface area contributed by atoms with Gasteiger partial charge in [0.25, 0.3) is 0 Å². The minimum Gasteiger partial charge on any atom is -0.496 e. The quantitative estimate of drug-likeness (QED) is 0.731. The Morgan fingerprint density at radius 1 is 0.950 bits per heavy atom. The van der Waals surface area contributed by atoms with Crippen molar-refractivity contribution in [3.63, 3.8) is 0 Å². The third kappa shape index (κ3) is 2.04. The van der Waals surface area contributed by atoms with Crippen LogP contribution in [0.2, 0.25) is 0 Å². The van der Waals surface area contributed by atoms with Gasteiger partial charge in [0.1, 0.15) is 17.0 Å². The van der Waals surface area contributed by atoms with Gasteiger partial charge in [0.05, 0.1) is 31.5 Å². The van der Waals surface area contributed by atoms with Crippen LogP contribution in [0.3, 0.4) is 0 Å². The molecule has 0 aliphatic carbocycles. The summed E-state index contributed by atoms with van der Waals surface area (Å²) < 4.78 is 13.7. The first-order valence-corrected chi connectivity index (χ1v) is 6.88. The normalized spacial score (nSPS) is 10.8. The summed E-state index contributed by atoms with van der Waals surface area (Å²) in [5, 5.41) is 5.38. The molecular weight excluding hydrogens is 320 g/mol. The third-order valence-corrected chi connectivity index (χ3v) is 3.69. The molecule has 0 N–H and O–H groups in total. The summed E-state index contributed by atoms with van der Waals surface area (Å²) in [5.74, 6) is 1.55. The van der Waals surface area contributed by atoms with Crippen LogP contribution in [0.4, 0.5) is 0 Å². The lowest BCUT2D eigenvalue weighted by Gasteiger charge is -2.09. The van der Waals surface area contributed by atoms with Crippen LogP contribution in [0, 0.1) is 0 Å². The summed E-state index contributed by atoms with van der Waals surface area (Å²) in [7, 11) is 3.30. The van der Waals surface area contributed by atoms with Crippen molar-refractivity contribution < 1.29 is 9.47 Å². The average molecular weight is 333 g/mol. The smallest absolute Gasteiger partial charge is 0.145 e. The number of ether oxygens (including phenoxy) is 2. The predicted molar refractivity (Wildman–Crippen MR) is 81.9 cm³/mol. The molecule has 4 nitrogen and oxygen atoms in total. The Balaban J connectivity index is 2.28. The number of hydrogen-bond acceptors (Lipinski definition) is 3. The van der Waals surface area contributed by atoms with Crippen LogP contribution in [0.25, 0.3) is 16.6 Å². The second-order valence-electron chi connectivity index (χ2n) is 4.27. The predicted octanol–water partition coefficient (Wildman–Crippen LogP) is 3.81. The standard InChI is InChI=1S/C15H13BrN2O2/c1-19-13-7-8-14(20-2)15-12(13)9-17-18(15)11-5-3-10(16)4-6-11/h3-9H,1-2H3. The maximum atomic E-state index is 5.45. The molecule has 0 atom stereocenters. The maximum Gasteiger partial charge on any atom is 0.145 e. The molecule has 20 heavy (non-hydrogen) atoms. The van der Waals surface area contributed by atoms with E-state index in [1.807, 2.05) is 41.1 Å². The number of methoxy groups -OCH3 is 2. The van der Waals surface area contributed by atoms with Crippen LogP contribution < -0.4 is 9.47 Å².